The van der Waals surface area contributed by atoms with E-state index in [-0.39, 0.29) is 18.3 Å². The van der Waals surface area contributed by atoms with Crippen molar-refractivity contribution in [1.29, 1.82) is 0 Å². The van der Waals surface area contributed by atoms with Crippen molar-refractivity contribution in [2.24, 2.45) is 0 Å². The Morgan fingerprint density at radius 1 is 1.29 bits per heavy atom. The predicted octanol–water partition coefficient (Wildman–Crippen LogP) is 4.68. The normalized spacial score (nSPS) is 10.9. The molecule has 1 amide bonds. The molecule has 0 saturated carbocycles. The molecule has 5 nitrogen and oxygen atoms in total. The second kappa shape index (κ2) is 9.14. The van der Waals surface area contributed by atoms with E-state index >= 15 is 0 Å². The van der Waals surface area contributed by atoms with Crippen LogP contribution in [0.4, 0.5) is 10.1 Å². The zero-order valence-electron chi connectivity index (χ0n) is 15.4. The Labute approximate surface area is 171 Å². The number of likely N-dealkylation sites (N-methyl/N-ethyl adjacent to an activating group) is 1. The monoisotopic (exact) mass is 419 g/mol. The Morgan fingerprint density at radius 3 is 2.75 bits per heavy atom. The third-order valence-corrected chi connectivity index (χ3v) is 5.10. The van der Waals surface area contributed by atoms with Gasteiger partial charge in [-0.2, -0.15) is 0 Å². The Kier molecular flexibility index (Phi) is 6.61. The number of hydrogen-bond donors (Lipinski definition) is 1. The van der Waals surface area contributed by atoms with Crippen LogP contribution in [0.15, 0.2) is 47.8 Å². The molecule has 2 aromatic carbocycles. The first-order valence-corrected chi connectivity index (χ1v) is 9.72. The summed E-state index contributed by atoms with van der Waals surface area (Å²) in [5, 5.41) is 6.08. The Balaban J connectivity index is 1.58. The average Bonchev–Trinajstić information content (AvgIpc) is 3.10. The van der Waals surface area contributed by atoms with E-state index in [1.165, 1.54) is 30.6 Å². The molecular formula is C20H19ClFN3O2S. The Hall–Kier alpha value is -2.48. The number of nitrogens with one attached hydrogen (secondary N) is 1. The molecule has 0 radical (unpaired) electrons. The topological polar surface area (TPSA) is 54.5 Å². The van der Waals surface area contributed by atoms with Crippen molar-refractivity contribution in [2.75, 3.05) is 26.0 Å². The van der Waals surface area contributed by atoms with Crippen LogP contribution >= 0.6 is 22.9 Å². The van der Waals surface area contributed by atoms with Crippen molar-refractivity contribution in [2.45, 2.75) is 6.54 Å². The van der Waals surface area contributed by atoms with Crippen LogP contribution in [0.5, 0.6) is 5.75 Å². The van der Waals surface area contributed by atoms with Gasteiger partial charge in [-0.15, -0.1) is 11.3 Å². The molecule has 0 unspecified atom stereocenters. The Bertz CT molecular complexity index is 962. The molecule has 1 N–H and O–H groups in total. The van der Waals surface area contributed by atoms with Crippen molar-refractivity contribution in [3.8, 4) is 16.3 Å². The van der Waals surface area contributed by atoms with Gasteiger partial charge in [0.2, 0.25) is 5.91 Å². The van der Waals surface area contributed by atoms with Crippen molar-refractivity contribution >= 4 is 34.5 Å². The lowest BCUT2D eigenvalue weighted by Crippen LogP contribution is -2.30. The molecule has 0 fully saturated rings. The molecule has 3 aromatic rings. The fourth-order valence-corrected chi connectivity index (χ4v) is 3.64. The summed E-state index contributed by atoms with van der Waals surface area (Å²) in [7, 11) is 3.37. The summed E-state index contributed by atoms with van der Waals surface area (Å²) in [6.45, 7) is 0.691. The van der Waals surface area contributed by atoms with Crippen LogP contribution in [0, 0.1) is 5.82 Å². The molecule has 0 bridgehead atoms. The fraction of sp³-hybridized carbons (Fsp3) is 0.200. The van der Waals surface area contributed by atoms with Crippen LogP contribution in [0.1, 0.15) is 5.69 Å². The lowest BCUT2D eigenvalue weighted by molar-refractivity contribution is -0.117. The number of ether oxygens (including phenoxy) is 1. The molecule has 0 aliphatic rings. The van der Waals surface area contributed by atoms with Crippen molar-refractivity contribution < 1.29 is 13.9 Å². The summed E-state index contributed by atoms with van der Waals surface area (Å²) in [6.07, 6.45) is 0. The van der Waals surface area contributed by atoms with Crippen LogP contribution in [-0.4, -0.2) is 36.5 Å². The number of aromatic nitrogens is 1. The van der Waals surface area contributed by atoms with Gasteiger partial charge in [-0.3, -0.25) is 9.69 Å². The molecule has 0 atom stereocenters. The first kappa shape index (κ1) is 20.3. The van der Waals surface area contributed by atoms with Crippen LogP contribution in [0.3, 0.4) is 0 Å². The number of thiazole rings is 1. The SMILES string of the molecule is COc1ccc(Cl)cc1NC(=O)CN(C)Cc1csc(-c2ccc(F)cc2)n1. The van der Waals surface area contributed by atoms with E-state index in [2.05, 4.69) is 10.3 Å². The zero-order valence-corrected chi connectivity index (χ0v) is 17.0. The van der Waals surface area contributed by atoms with E-state index in [1.807, 2.05) is 17.3 Å². The highest BCUT2D eigenvalue weighted by Gasteiger charge is 2.13. The van der Waals surface area contributed by atoms with Gasteiger partial charge in [-0.1, -0.05) is 11.6 Å². The second-order valence-electron chi connectivity index (χ2n) is 6.22. The van der Waals surface area contributed by atoms with E-state index in [1.54, 1.807) is 30.3 Å². The summed E-state index contributed by atoms with van der Waals surface area (Å²) >= 11 is 7.47. The molecule has 0 aliphatic carbocycles. The molecular weight excluding hydrogens is 401 g/mol. The molecule has 0 aliphatic heterocycles. The van der Waals surface area contributed by atoms with Gasteiger partial charge in [0, 0.05) is 22.5 Å². The first-order chi connectivity index (χ1) is 13.4. The lowest BCUT2D eigenvalue weighted by Gasteiger charge is -2.16. The minimum Gasteiger partial charge on any atom is -0.495 e. The summed E-state index contributed by atoms with van der Waals surface area (Å²) in [5.41, 5.74) is 2.24. The standard InChI is InChI=1S/C20H19ClFN3O2S/c1-25(11-19(26)24-17-9-14(21)5-8-18(17)27-2)10-16-12-28-20(23-16)13-3-6-15(22)7-4-13/h3-9,12H,10-11H2,1-2H3,(H,24,26). The molecule has 0 saturated heterocycles. The van der Waals surface area contributed by atoms with E-state index in [9.17, 15) is 9.18 Å². The zero-order chi connectivity index (χ0) is 20.1. The van der Waals surface area contributed by atoms with Crippen molar-refractivity contribution in [3.05, 3.63) is 64.4 Å². The van der Waals surface area contributed by atoms with Gasteiger partial charge in [0.15, 0.2) is 0 Å². The minimum absolute atomic E-state index is 0.180. The lowest BCUT2D eigenvalue weighted by atomic mass is 10.2. The van der Waals surface area contributed by atoms with Gasteiger partial charge in [-0.05, 0) is 49.5 Å². The number of halogens is 2. The van der Waals surface area contributed by atoms with Gasteiger partial charge in [0.25, 0.3) is 0 Å². The molecule has 0 spiro atoms. The van der Waals surface area contributed by atoms with Crippen LogP contribution in [0.25, 0.3) is 10.6 Å². The second-order valence-corrected chi connectivity index (χ2v) is 7.51. The largest absolute Gasteiger partial charge is 0.495 e. The molecule has 28 heavy (non-hydrogen) atoms. The maximum Gasteiger partial charge on any atom is 0.238 e. The quantitative estimate of drug-likeness (QED) is 0.604. The molecule has 146 valence electrons. The number of rotatable bonds is 7. The first-order valence-electron chi connectivity index (χ1n) is 8.47. The average molecular weight is 420 g/mol. The van der Waals surface area contributed by atoms with Gasteiger partial charge in [-0.25, -0.2) is 9.37 Å². The molecule has 1 heterocycles. The number of carbonyl (C=O) groups is 1. The number of hydrogen-bond acceptors (Lipinski definition) is 5. The highest BCUT2D eigenvalue weighted by Crippen LogP contribution is 2.28. The number of methoxy groups -OCH3 is 1. The smallest absolute Gasteiger partial charge is 0.238 e. The summed E-state index contributed by atoms with van der Waals surface area (Å²) in [5.74, 6) is 0.0866. The number of nitrogens with zero attached hydrogens (tertiary/aromatic N) is 2. The van der Waals surface area contributed by atoms with Gasteiger partial charge in [0.05, 0.1) is 25.0 Å². The summed E-state index contributed by atoms with van der Waals surface area (Å²) in [6, 6.07) is 11.3. The number of carbonyl (C=O) groups excluding carboxylic acids is 1. The highest BCUT2D eigenvalue weighted by atomic mass is 35.5. The number of benzene rings is 2. The molecule has 8 heteroatoms. The molecule has 1 aromatic heterocycles. The Morgan fingerprint density at radius 2 is 2.04 bits per heavy atom. The number of anilines is 1. The van der Waals surface area contributed by atoms with E-state index < -0.39 is 0 Å². The van der Waals surface area contributed by atoms with Crippen LogP contribution < -0.4 is 10.1 Å². The van der Waals surface area contributed by atoms with Gasteiger partial charge >= 0.3 is 0 Å². The van der Waals surface area contributed by atoms with E-state index in [0.717, 1.165) is 16.3 Å². The maximum absolute atomic E-state index is 13.1. The fourth-order valence-electron chi connectivity index (χ4n) is 2.65. The van der Waals surface area contributed by atoms with E-state index in [0.29, 0.717) is 23.0 Å². The van der Waals surface area contributed by atoms with Crippen molar-refractivity contribution in [3.63, 3.8) is 0 Å². The minimum atomic E-state index is -0.275. The van der Waals surface area contributed by atoms with Crippen molar-refractivity contribution in [1.82, 2.24) is 9.88 Å². The van der Waals surface area contributed by atoms with Gasteiger partial charge in [0.1, 0.15) is 16.6 Å². The van der Waals surface area contributed by atoms with Gasteiger partial charge < -0.3 is 10.1 Å². The highest BCUT2D eigenvalue weighted by molar-refractivity contribution is 7.13. The van der Waals surface area contributed by atoms with Crippen LogP contribution in [-0.2, 0) is 11.3 Å². The third kappa shape index (κ3) is 5.28. The number of amides is 1. The van der Waals surface area contributed by atoms with E-state index in [4.69, 9.17) is 16.3 Å². The maximum atomic E-state index is 13.1. The van der Waals surface area contributed by atoms with Crippen LogP contribution in [0.2, 0.25) is 5.02 Å². The molecule has 3 rings (SSSR count). The predicted molar refractivity (Wildman–Crippen MR) is 110 cm³/mol. The summed E-state index contributed by atoms with van der Waals surface area (Å²) in [4.78, 5) is 18.8. The summed E-state index contributed by atoms with van der Waals surface area (Å²) < 4.78 is 18.3. The third-order valence-electron chi connectivity index (χ3n) is 3.92.